The van der Waals surface area contributed by atoms with Crippen molar-refractivity contribution < 1.29 is 32.2 Å². The van der Waals surface area contributed by atoms with Gasteiger partial charge in [-0.2, -0.15) is 0 Å². The quantitative estimate of drug-likeness (QED) is 0.725. The lowest BCUT2D eigenvalue weighted by Gasteiger charge is -2.18. The van der Waals surface area contributed by atoms with Gasteiger partial charge in [0.25, 0.3) is 0 Å². The largest absolute Gasteiger partial charge is 0.493 e. The number of sulfonamides is 1. The van der Waals surface area contributed by atoms with E-state index < -0.39 is 34.3 Å². The fourth-order valence-electron chi connectivity index (χ4n) is 2.34. The molecule has 0 radical (unpaired) electrons. The molecule has 0 heterocycles. The summed E-state index contributed by atoms with van der Waals surface area (Å²) in [6.45, 7) is 0. The molecule has 0 aromatic heterocycles. The van der Waals surface area contributed by atoms with Crippen LogP contribution in [-0.2, 0) is 14.8 Å². The summed E-state index contributed by atoms with van der Waals surface area (Å²) in [5.41, 5.74) is 0.331. The van der Waals surface area contributed by atoms with Crippen LogP contribution in [0.15, 0.2) is 47.4 Å². The minimum atomic E-state index is -4.06. The number of nitrogens with one attached hydrogen (secondary N) is 1. The molecule has 0 saturated heterocycles. The van der Waals surface area contributed by atoms with Crippen LogP contribution in [0.5, 0.6) is 11.5 Å². The minimum absolute atomic E-state index is 0.118. The molecule has 0 saturated carbocycles. The van der Waals surface area contributed by atoms with E-state index in [-0.39, 0.29) is 10.6 Å². The molecule has 2 rings (SSSR count). The number of hydrogen-bond acceptors (Lipinski definition) is 5. The lowest BCUT2D eigenvalue weighted by atomic mass is 10.1. The molecule has 26 heavy (non-hydrogen) atoms. The van der Waals surface area contributed by atoms with Crippen LogP contribution in [-0.4, -0.2) is 33.7 Å². The van der Waals surface area contributed by atoms with Gasteiger partial charge in [-0.15, -0.1) is 0 Å². The van der Waals surface area contributed by atoms with Crippen LogP contribution in [0.25, 0.3) is 0 Å². The van der Waals surface area contributed by atoms with Crippen molar-refractivity contribution in [2.75, 3.05) is 14.2 Å². The van der Waals surface area contributed by atoms with E-state index in [0.717, 1.165) is 12.1 Å². The molecule has 1 atom stereocenters. The van der Waals surface area contributed by atoms with E-state index in [1.807, 2.05) is 0 Å². The maximum atomic E-state index is 13.1. The van der Waals surface area contributed by atoms with Crippen LogP contribution in [0.2, 0.25) is 0 Å². The molecule has 7 nitrogen and oxygen atoms in total. The van der Waals surface area contributed by atoms with Crippen molar-refractivity contribution in [1.82, 2.24) is 4.72 Å². The first-order valence-corrected chi connectivity index (χ1v) is 8.96. The SMILES string of the molecule is COc1ccc(S(=O)(=O)N[C@@H](CC(=O)O)c2ccc(F)cc2)cc1OC. The van der Waals surface area contributed by atoms with Gasteiger partial charge in [-0.25, -0.2) is 17.5 Å². The molecule has 2 N–H and O–H groups in total. The van der Waals surface area contributed by atoms with E-state index in [1.165, 1.54) is 44.6 Å². The summed E-state index contributed by atoms with van der Waals surface area (Å²) in [5, 5.41) is 9.07. The maximum absolute atomic E-state index is 13.1. The Balaban J connectivity index is 2.36. The standard InChI is InChI=1S/C17H18FNO6S/c1-24-15-8-7-13(9-16(15)25-2)26(22,23)19-14(10-17(20)21)11-3-5-12(18)6-4-11/h3-9,14,19H,10H2,1-2H3,(H,20,21)/t14-/m0/s1. The monoisotopic (exact) mass is 383 g/mol. The predicted molar refractivity (Wildman–Crippen MR) is 91.3 cm³/mol. The average molecular weight is 383 g/mol. The number of carboxylic acid groups (broad SMARTS) is 1. The second kappa shape index (κ2) is 8.15. The Morgan fingerprint density at radius 3 is 2.27 bits per heavy atom. The fraction of sp³-hybridized carbons (Fsp3) is 0.235. The molecule has 0 spiro atoms. The summed E-state index contributed by atoms with van der Waals surface area (Å²) in [6.07, 6.45) is -0.502. The van der Waals surface area contributed by atoms with E-state index in [2.05, 4.69) is 4.72 Å². The van der Waals surface area contributed by atoms with Crippen molar-refractivity contribution in [3.63, 3.8) is 0 Å². The van der Waals surface area contributed by atoms with Crippen LogP contribution in [0.3, 0.4) is 0 Å². The molecule has 0 unspecified atom stereocenters. The van der Waals surface area contributed by atoms with Crippen molar-refractivity contribution in [2.24, 2.45) is 0 Å². The highest BCUT2D eigenvalue weighted by atomic mass is 32.2. The molecule has 0 bridgehead atoms. The van der Waals surface area contributed by atoms with Gasteiger partial charge in [-0.3, -0.25) is 4.79 Å². The van der Waals surface area contributed by atoms with Crippen LogP contribution < -0.4 is 14.2 Å². The normalized spacial score (nSPS) is 12.4. The number of carboxylic acids is 1. The minimum Gasteiger partial charge on any atom is -0.493 e. The van der Waals surface area contributed by atoms with Crippen LogP contribution in [0.4, 0.5) is 4.39 Å². The van der Waals surface area contributed by atoms with E-state index in [9.17, 15) is 17.6 Å². The Bertz CT molecular complexity index is 883. The highest BCUT2D eigenvalue weighted by Crippen LogP contribution is 2.30. The van der Waals surface area contributed by atoms with Gasteiger partial charge in [0.2, 0.25) is 10.0 Å². The molecule has 0 aliphatic heterocycles. The molecule has 0 fully saturated rings. The lowest BCUT2D eigenvalue weighted by Crippen LogP contribution is -2.30. The van der Waals surface area contributed by atoms with Crippen LogP contribution in [0.1, 0.15) is 18.0 Å². The second-order valence-electron chi connectivity index (χ2n) is 5.34. The fourth-order valence-corrected chi connectivity index (χ4v) is 3.58. The summed E-state index contributed by atoms with van der Waals surface area (Å²) in [4.78, 5) is 11.0. The predicted octanol–water partition coefficient (Wildman–Crippen LogP) is 2.34. The zero-order valence-electron chi connectivity index (χ0n) is 14.1. The Hall–Kier alpha value is -2.65. The van der Waals surface area contributed by atoms with Gasteiger partial charge in [-0.05, 0) is 29.8 Å². The zero-order valence-corrected chi connectivity index (χ0v) is 14.9. The topological polar surface area (TPSA) is 102 Å². The van der Waals surface area contributed by atoms with Gasteiger partial charge >= 0.3 is 5.97 Å². The van der Waals surface area contributed by atoms with E-state index >= 15 is 0 Å². The molecule has 140 valence electrons. The van der Waals surface area contributed by atoms with Gasteiger partial charge in [0.05, 0.1) is 31.6 Å². The molecule has 9 heteroatoms. The third-order valence-electron chi connectivity index (χ3n) is 3.61. The summed E-state index contributed by atoms with van der Waals surface area (Å²) in [7, 11) is -1.28. The number of carbonyl (C=O) groups is 1. The van der Waals surface area contributed by atoms with Crippen molar-refractivity contribution >= 4 is 16.0 Å². The van der Waals surface area contributed by atoms with Gasteiger partial charge in [-0.1, -0.05) is 12.1 Å². The first-order valence-electron chi connectivity index (χ1n) is 7.48. The summed E-state index contributed by atoms with van der Waals surface area (Å²) in [6, 6.07) is 7.88. The Kier molecular flexibility index (Phi) is 6.17. The van der Waals surface area contributed by atoms with Gasteiger partial charge < -0.3 is 14.6 Å². The van der Waals surface area contributed by atoms with Crippen molar-refractivity contribution in [2.45, 2.75) is 17.4 Å². The number of methoxy groups -OCH3 is 2. The Morgan fingerprint density at radius 1 is 1.12 bits per heavy atom. The molecule has 0 aliphatic rings. The molecular formula is C17H18FNO6S. The second-order valence-corrected chi connectivity index (χ2v) is 7.05. The summed E-state index contributed by atoms with van der Waals surface area (Å²) in [5.74, 6) is -1.14. The third kappa shape index (κ3) is 4.70. The van der Waals surface area contributed by atoms with Crippen LogP contribution in [0, 0.1) is 5.82 Å². The molecular weight excluding hydrogens is 365 g/mol. The lowest BCUT2D eigenvalue weighted by molar-refractivity contribution is -0.137. The average Bonchev–Trinajstić information content (AvgIpc) is 2.60. The molecule has 2 aromatic carbocycles. The zero-order chi connectivity index (χ0) is 19.3. The molecule has 0 amide bonds. The number of ether oxygens (including phenoxy) is 2. The first-order chi connectivity index (χ1) is 12.3. The van der Waals surface area contributed by atoms with Crippen molar-refractivity contribution in [1.29, 1.82) is 0 Å². The van der Waals surface area contributed by atoms with E-state index in [0.29, 0.717) is 11.3 Å². The summed E-state index contributed by atoms with van der Waals surface area (Å²) < 4.78 is 50.9. The molecule has 2 aromatic rings. The highest BCUT2D eigenvalue weighted by molar-refractivity contribution is 7.89. The number of halogens is 1. The third-order valence-corrected chi connectivity index (χ3v) is 5.08. The maximum Gasteiger partial charge on any atom is 0.305 e. The number of rotatable bonds is 8. The summed E-state index contributed by atoms with van der Waals surface area (Å²) >= 11 is 0. The van der Waals surface area contributed by atoms with E-state index in [1.54, 1.807) is 0 Å². The van der Waals surface area contributed by atoms with E-state index in [4.69, 9.17) is 14.6 Å². The van der Waals surface area contributed by atoms with Crippen LogP contribution >= 0.6 is 0 Å². The Labute approximate surface area is 150 Å². The van der Waals surface area contributed by atoms with Gasteiger partial charge in [0.1, 0.15) is 5.82 Å². The smallest absolute Gasteiger partial charge is 0.305 e. The van der Waals surface area contributed by atoms with Crippen molar-refractivity contribution in [3.8, 4) is 11.5 Å². The first kappa shape index (κ1) is 19.7. The Morgan fingerprint density at radius 2 is 1.73 bits per heavy atom. The number of benzene rings is 2. The number of aliphatic carboxylic acids is 1. The highest BCUT2D eigenvalue weighted by Gasteiger charge is 2.24. The van der Waals surface area contributed by atoms with Gasteiger partial charge in [0.15, 0.2) is 11.5 Å². The van der Waals surface area contributed by atoms with Gasteiger partial charge in [0, 0.05) is 6.07 Å². The number of hydrogen-bond donors (Lipinski definition) is 2. The van der Waals surface area contributed by atoms with Crippen molar-refractivity contribution in [3.05, 3.63) is 53.8 Å². The molecule has 0 aliphatic carbocycles.